The summed E-state index contributed by atoms with van der Waals surface area (Å²) in [6, 6.07) is 15.9. The number of rotatable bonds is 6. The number of halogens is 1. The lowest BCUT2D eigenvalue weighted by Gasteiger charge is -2.37. The molecule has 172 valence electrons. The summed E-state index contributed by atoms with van der Waals surface area (Å²) in [7, 11) is 0. The average Bonchev–Trinajstić information content (AvgIpc) is 2.75. The second-order valence-electron chi connectivity index (χ2n) is 9.57. The SMILES string of the molecule is CC(C)(C)C1CCC(NC(=S)NC(=O)c2ccc(OCCc3ccccc3)c(Br)c2)CC1. The third-order valence-electron chi connectivity index (χ3n) is 6.20. The van der Waals surface area contributed by atoms with E-state index in [1.54, 1.807) is 12.1 Å². The van der Waals surface area contributed by atoms with Gasteiger partial charge in [-0.15, -0.1) is 0 Å². The van der Waals surface area contributed by atoms with Crippen molar-refractivity contribution in [1.82, 2.24) is 10.6 Å². The molecule has 6 heteroatoms. The molecule has 3 rings (SSSR count). The van der Waals surface area contributed by atoms with E-state index in [1.807, 2.05) is 24.3 Å². The normalized spacial score (nSPS) is 18.6. The molecule has 0 unspecified atom stereocenters. The van der Waals surface area contributed by atoms with Crippen molar-refractivity contribution in [2.75, 3.05) is 6.61 Å². The molecule has 32 heavy (non-hydrogen) atoms. The third kappa shape index (κ3) is 7.31. The van der Waals surface area contributed by atoms with Crippen molar-refractivity contribution in [2.45, 2.75) is 58.9 Å². The van der Waals surface area contributed by atoms with E-state index in [9.17, 15) is 4.79 Å². The monoisotopic (exact) mass is 516 g/mol. The number of carbonyl (C=O) groups is 1. The van der Waals surface area contributed by atoms with Crippen molar-refractivity contribution < 1.29 is 9.53 Å². The quantitative estimate of drug-likeness (QED) is 0.443. The minimum atomic E-state index is -0.220. The van der Waals surface area contributed by atoms with E-state index >= 15 is 0 Å². The maximum atomic E-state index is 12.6. The fourth-order valence-corrected chi connectivity index (χ4v) is 4.94. The second-order valence-corrected chi connectivity index (χ2v) is 10.8. The van der Waals surface area contributed by atoms with Gasteiger partial charge in [0.05, 0.1) is 11.1 Å². The molecule has 0 atom stereocenters. The van der Waals surface area contributed by atoms with E-state index < -0.39 is 0 Å². The molecular weight excluding hydrogens is 484 g/mol. The van der Waals surface area contributed by atoms with Crippen molar-refractivity contribution in [3.63, 3.8) is 0 Å². The van der Waals surface area contributed by atoms with Crippen LogP contribution in [-0.4, -0.2) is 23.7 Å². The van der Waals surface area contributed by atoms with Crippen molar-refractivity contribution in [1.29, 1.82) is 0 Å². The average molecular weight is 518 g/mol. The number of thiocarbonyl (C=S) groups is 1. The van der Waals surface area contributed by atoms with E-state index in [0.717, 1.165) is 29.7 Å². The highest BCUT2D eigenvalue weighted by molar-refractivity contribution is 9.10. The molecule has 0 saturated heterocycles. The van der Waals surface area contributed by atoms with Gasteiger partial charge in [-0.05, 0) is 88.9 Å². The van der Waals surface area contributed by atoms with Crippen LogP contribution in [0.3, 0.4) is 0 Å². The zero-order chi connectivity index (χ0) is 23.1. The van der Waals surface area contributed by atoms with Crippen molar-refractivity contribution in [3.05, 3.63) is 64.1 Å². The van der Waals surface area contributed by atoms with Gasteiger partial charge in [0.1, 0.15) is 5.75 Å². The van der Waals surface area contributed by atoms with Crippen molar-refractivity contribution in [2.24, 2.45) is 11.3 Å². The number of hydrogen-bond acceptors (Lipinski definition) is 3. The van der Waals surface area contributed by atoms with Crippen LogP contribution in [0.4, 0.5) is 0 Å². The molecule has 0 radical (unpaired) electrons. The summed E-state index contributed by atoms with van der Waals surface area (Å²) in [6.45, 7) is 7.51. The third-order valence-corrected chi connectivity index (χ3v) is 7.04. The first kappa shape index (κ1) is 24.7. The molecule has 1 aliphatic carbocycles. The summed E-state index contributed by atoms with van der Waals surface area (Å²) in [6.07, 6.45) is 5.37. The first-order chi connectivity index (χ1) is 15.2. The Labute approximate surface area is 205 Å². The number of ether oxygens (including phenoxy) is 1. The standard InChI is InChI=1S/C26H33BrN2O2S/c1-26(2,3)20-10-12-21(13-11-20)28-25(32)29-24(30)19-9-14-23(22(27)17-19)31-16-15-18-7-5-4-6-8-18/h4-9,14,17,20-21H,10-13,15-16H2,1-3H3,(H2,28,29,30,32). The Bertz CT molecular complexity index is 919. The maximum absolute atomic E-state index is 12.6. The fraction of sp³-hybridized carbons (Fsp3) is 0.462. The predicted octanol–water partition coefficient (Wildman–Crippen LogP) is 6.28. The van der Waals surface area contributed by atoms with Gasteiger partial charge < -0.3 is 10.1 Å². The van der Waals surface area contributed by atoms with Gasteiger partial charge >= 0.3 is 0 Å². The van der Waals surface area contributed by atoms with E-state index in [1.165, 1.54) is 18.4 Å². The number of hydrogen-bond donors (Lipinski definition) is 2. The van der Waals surface area contributed by atoms with Crippen LogP contribution in [0.5, 0.6) is 5.75 Å². The minimum absolute atomic E-state index is 0.220. The highest BCUT2D eigenvalue weighted by Gasteiger charge is 2.30. The highest BCUT2D eigenvalue weighted by atomic mass is 79.9. The Kier molecular flexibility index (Phi) is 8.72. The molecule has 4 nitrogen and oxygen atoms in total. The van der Waals surface area contributed by atoms with Crippen molar-refractivity contribution >= 4 is 39.2 Å². The Hall–Kier alpha value is -1.92. The van der Waals surface area contributed by atoms with Crippen LogP contribution in [0.1, 0.15) is 62.4 Å². The van der Waals surface area contributed by atoms with E-state index in [0.29, 0.717) is 34.5 Å². The topological polar surface area (TPSA) is 50.4 Å². The zero-order valence-electron chi connectivity index (χ0n) is 19.1. The first-order valence-electron chi connectivity index (χ1n) is 11.3. The van der Waals surface area contributed by atoms with Crippen LogP contribution in [0.15, 0.2) is 53.0 Å². The molecule has 1 aliphatic rings. The number of carbonyl (C=O) groups excluding carboxylic acids is 1. The molecule has 2 N–H and O–H groups in total. The Morgan fingerprint density at radius 2 is 1.78 bits per heavy atom. The Morgan fingerprint density at radius 3 is 2.41 bits per heavy atom. The van der Waals surface area contributed by atoms with Gasteiger partial charge in [0.15, 0.2) is 5.11 Å². The molecule has 0 aromatic heterocycles. The highest BCUT2D eigenvalue weighted by Crippen LogP contribution is 2.37. The van der Waals surface area contributed by atoms with E-state index in [4.69, 9.17) is 17.0 Å². The summed E-state index contributed by atoms with van der Waals surface area (Å²) in [5, 5.41) is 6.54. The molecule has 2 aromatic carbocycles. The lowest BCUT2D eigenvalue weighted by atomic mass is 9.71. The number of benzene rings is 2. The largest absolute Gasteiger partial charge is 0.492 e. The summed E-state index contributed by atoms with van der Waals surface area (Å²) in [5.41, 5.74) is 2.12. The summed E-state index contributed by atoms with van der Waals surface area (Å²) in [5.74, 6) is 1.24. The van der Waals surface area contributed by atoms with Crippen LogP contribution in [-0.2, 0) is 6.42 Å². The Morgan fingerprint density at radius 1 is 1.09 bits per heavy atom. The lowest BCUT2D eigenvalue weighted by molar-refractivity contribution is 0.0976. The van der Waals surface area contributed by atoms with Crippen molar-refractivity contribution in [3.8, 4) is 5.75 Å². The van der Waals surface area contributed by atoms with Gasteiger partial charge in [-0.2, -0.15) is 0 Å². The molecule has 0 heterocycles. The van der Waals surface area contributed by atoms with E-state index in [2.05, 4.69) is 59.5 Å². The molecular formula is C26H33BrN2O2S. The van der Waals surface area contributed by atoms with Gasteiger partial charge in [-0.25, -0.2) is 0 Å². The second kappa shape index (κ2) is 11.3. The van der Waals surface area contributed by atoms with Gasteiger partial charge in [-0.3, -0.25) is 10.1 Å². The van der Waals surface area contributed by atoms with Crippen LogP contribution < -0.4 is 15.4 Å². The van der Waals surface area contributed by atoms with Crippen LogP contribution in [0.2, 0.25) is 0 Å². The summed E-state index contributed by atoms with van der Waals surface area (Å²) in [4.78, 5) is 12.6. The van der Waals surface area contributed by atoms with Crippen LogP contribution in [0, 0.1) is 11.3 Å². The van der Waals surface area contributed by atoms with Gasteiger partial charge in [0.25, 0.3) is 5.91 Å². The minimum Gasteiger partial charge on any atom is -0.492 e. The Balaban J connectivity index is 1.45. The number of nitrogens with one attached hydrogen (secondary N) is 2. The van der Waals surface area contributed by atoms with Crippen LogP contribution >= 0.6 is 28.1 Å². The van der Waals surface area contributed by atoms with E-state index in [-0.39, 0.29) is 5.91 Å². The molecule has 0 aliphatic heterocycles. The molecule has 1 saturated carbocycles. The fourth-order valence-electron chi connectivity index (χ4n) is 4.18. The maximum Gasteiger partial charge on any atom is 0.257 e. The summed E-state index contributed by atoms with van der Waals surface area (Å²) >= 11 is 8.91. The molecule has 1 fully saturated rings. The van der Waals surface area contributed by atoms with Gasteiger partial charge in [0.2, 0.25) is 0 Å². The molecule has 2 aromatic rings. The zero-order valence-corrected chi connectivity index (χ0v) is 21.5. The number of amides is 1. The lowest BCUT2D eigenvalue weighted by Crippen LogP contribution is -2.46. The van der Waals surface area contributed by atoms with Gasteiger partial charge in [0, 0.05) is 18.0 Å². The van der Waals surface area contributed by atoms with Crippen LogP contribution in [0.25, 0.3) is 0 Å². The summed E-state index contributed by atoms with van der Waals surface area (Å²) < 4.78 is 6.62. The molecule has 0 bridgehead atoms. The predicted molar refractivity (Wildman–Crippen MR) is 138 cm³/mol. The molecule has 1 amide bonds. The smallest absolute Gasteiger partial charge is 0.257 e. The molecule has 0 spiro atoms. The first-order valence-corrected chi connectivity index (χ1v) is 12.5. The van der Waals surface area contributed by atoms with Gasteiger partial charge in [-0.1, -0.05) is 51.1 Å².